The second kappa shape index (κ2) is 4.70. The zero-order chi connectivity index (χ0) is 8.81. The number of carbonyl (C=O) groups is 2. The van der Waals surface area contributed by atoms with Crippen LogP contribution in [-0.2, 0) is 14.3 Å². The van der Waals surface area contributed by atoms with E-state index in [9.17, 15) is 9.59 Å². The van der Waals surface area contributed by atoms with E-state index in [4.69, 9.17) is 4.74 Å². The third-order valence-electron chi connectivity index (χ3n) is 1.72. The molecule has 0 saturated carbocycles. The monoisotopic (exact) mass is 168 g/mol. The van der Waals surface area contributed by atoms with Crippen molar-refractivity contribution in [1.29, 1.82) is 0 Å². The third kappa shape index (κ3) is 2.86. The molecule has 1 rings (SSSR count). The van der Waals surface area contributed by atoms with Crippen LogP contribution in [-0.4, -0.2) is 18.4 Å². The minimum Gasteiger partial charge on any atom is -0.454 e. The second-order valence-corrected chi connectivity index (χ2v) is 2.76. The van der Waals surface area contributed by atoms with Crippen molar-refractivity contribution in [2.24, 2.45) is 0 Å². The van der Waals surface area contributed by atoms with Gasteiger partial charge in [0.1, 0.15) is 0 Å². The molecule has 0 aliphatic carbocycles. The fraction of sp³-hybridized carbons (Fsp3) is 0.556. The molecular formula is C9H12O3. The van der Waals surface area contributed by atoms with Crippen LogP contribution in [0.4, 0.5) is 0 Å². The summed E-state index contributed by atoms with van der Waals surface area (Å²) in [6.07, 6.45) is 6.58. The van der Waals surface area contributed by atoms with Gasteiger partial charge in [0.15, 0.2) is 12.4 Å². The van der Waals surface area contributed by atoms with Crippen molar-refractivity contribution in [2.75, 3.05) is 0 Å². The lowest BCUT2D eigenvalue weighted by Gasteiger charge is -2.07. The number of carbonyl (C=O) groups excluding carboxylic acids is 2. The van der Waals surface area contributed by atoms with Crippen LogP contribution in [0.5, 0.6) is 0 Å². The van der Waals surface area contributed by atoms with Crippen molar-refractivity contribution < 1.29 is 14.3 Å². The molecule has 0 bridgehead atoms. The number of esters is 1. The summed E-state index contributed by atoms with van der Waals surface area (Å²) in [7, 11) is 0. The van der Waals surface area contributed by atoms with Crippen molar-refractivity contribution in [3.63, 3.8) is 0 Å². The molecular weight excluding hydrogens is 156 g/mol. The van der Waals surface area contributed by atoms with Crippen LogP contribution in [0.15, 0.2) is 12.2 Å². The van der Waals surface area contributed by atoms with Crippen LogP contribution in [0.1, 0.15) is 25.7 Å². The van der Waals surface area contributed by atoms with Crippen molar-refractivity contribution in [2.45, 2.75) is 31.8 Å². The molecule has 12 heavy (non-hydrogen) atoms. The Morgan fingerprint density at radius 1 is 1.50 bits per heavy atom. The van der Waals surface area contributed by atoms with Gasteiger partial charge in [-0.3, -0.25) is 9.59 Å². The first kappa shape index (κ1) is 8.97. The highest BCUT2D eigenvalue weighted by molar-refractivity contribution is 5.72. The van der Waals surface area contributed by atoms with E-state index in [1.807, 2.05) is 12.2 Å². The Morgan fingerprint density at radius 3 is 3.08 bits per heavy atom. The van der Waals surface area contributed by atoms with Gasteiger partial charge in [-0.2, -0.15) is 0 Å². The van der Waals surface area contributed by atoms with Gasteiger partial charge in [0.2, 0.25) is 0 Å². The predicted octanol–water partition coefficient (Wildman–Crippen LogP) is 1.23. The van der Waals surface area contributed by atoms with Gasteiger partial charge >= 0.3 is 5.97 Å². The van der Waals surface area contributed by atoms with E-state index >= 15 is 0 Å². The largest absolute Gasteiger partial charge is 0.454 e. The van der Waals surface area contributed by atoms with Crippen LogP contribution >= 0.6 is 0 Å². The number of ether oxygens (including phenoxy) is 1. The summed E-state index contributed by atoms with van der Waals surface area (Å²) in [5.41, 5.74) is 0. The molecule has 1 aliphatic heterocycles. The number of cyclic esters (lactones) is 1. The summed E-state index contributed by atoms with van der Waals surface area (Å²) in [5, 5.41) is 0. The Labute approximate surface area is 71.4 Å². The maximum absolute atomic E-state index is 10.9. The SMILES string of the molecule is O=C[C@@H]1C/C=C\CCCC(=O)O1. The highest BCUT2D eigenvalue weighted by Crippen LogP contribution is 2.07. The van der Waals surface area contributed by atoms with Crippen molar-refractivity contribution in [3.05, 3.63) is 12.2 Å². The van der Waals surface area contributed by atoms with Gasteiger partial charge in [-0.25, -0.2) is 0 Å². The minimum absolute atomic E-state index is 0.268. The quantitative estimate of drug-likeness (QED) is 0.336. The van der Waals surface area contributed by atoms with Crippen molar-refractivity contribution >= 4 is 12.3 Å². The first-order chi connectivity index (χ1) is 5.83. The Kier molecular flexibility index (Phi) is 3.51. The third-order valence-corrected chi connectivity index (χ3v) is 1.72. The lowest BCUT2D eigenvalue weighted by atomic mass is 10.2. The number of hydrogen-bond acceptors (Lipinski definition) is 3. The number of hydrogen-bond donors (Lipinski definition) is 0. The molecule has 1 atom stereocenters. The summed E-state index contributed by atoms with van der Waals surface area (Å²) in [6.45, 7) is 0. The normalized spacial score (nSPS) is 27.7. The summed E-state index contributed by atoms with van der Waals surface area (Å²) in [6, 6.07) is 0. The maximum Gasteiger partial charge on any atom is 0.306 e. The minimum atomic E-state index is -0.577. The van der Waals surface area contributed by atoms with E-state index in [1.165, 1.54) is 0 Å². The van der Waals surface area contributed by atoms with Gasteiger partial charge in [0.25, 0.3) is 0 Å². The summed E-state index contributed by atoms with van der Waals surface area (Å²) in [5.74, 6) is -0.268. The average molecular weight is 168 g/mol. The second-order valence-electron chi connectivity index (χ2n) is 2.76. The lowest BCUT2D eigenvalue weighted by molar-refractivity contribution is -0.151. The summed E-state index contributed by atoms with van der Waals surface area (Å²) >= 11 is 0. The Hall–Kier alpha value is -1.12. The van der Waals surface area contributed by atoms with E-state index in [-0.39, 0.29) is 5.97 Å². The molecule has 0 fully saturated rings. The first-order valence-corrected chi connectivity index (χ1v) is 4.12. The van der Waals surface area contributed by atoms with E-state index in [1.54, 1.807) is 0 Å². The molecule has 0 saturated heterocycles. The predicted molar refractivity (Wildman–Crippen MR) is 43.6 cm³/mol. The molecule has 0 radical (unpaired) electrons. The molecule has 0 amide bonds. The first-order valence-electron chi connectivity index (χ1n) is 4.12. The molecule has 0 aromatic heterocycles. The highest BCUT2D eigenvalue weighted by atomic mass is 16.5. The van der Waals surface area contributed by atoms with Gasteiger partial charge in [-0.1, -0.05) is 12.2 Å². The number of allylic oxidation sites excluding steroid dienone is 1. The maximum atomic E-state index is 10.9. The molecule has 3 nitrogen and oxygen atoms in total. The zero-order valence-electron chi connectivity index (χ0n) is 6.86. The Morgan fingerprint density at radius 2 is 2.33 bits per heavy atom. The van der Waals surface area contributed by atoms with Crippen molar-refractivity contribution in [1.82, 2.24) is 0 Å². The number of rotatable bonds is 1. The molecule has 3 heteroatoms. The Balaban J connectivity index is 2.52. The van der Waals surface area contributed by atoms with Gasteiger partial charge in [0, 0.05) is 12.8 Å². The average Bonchev–Trinajstić information content (AvgIpc) is 2.16. The molecule has 1 heterocycles. The van der Waals surface area contributed by atoms with Gasteiger partial charge in [0.05, 0.1) is 0 Å². The molecule has 66 valence electrons. The van der Waals surface area contributed by atoms with Crippen LogP contribution in [0.3, 0.4) is 0 Å². The van der Waals surface area contributed by atoms with Crippen LogP contribution in [0.25, 0.3) is 0 Å². The molecule has 0 aromatic carbocycles. The molecule has 1 aliphatic rings. The molecule has 0 N–H and O–H groups in total. The fourth-order valence-corrected chi connectivity index (χ4v) is 1.07. The van der Waals surface area contributed by atoms with E-state index < -0.39 is 6.10 Å². The fourth-order valence-electron chi connectivity index (χ4n) is 1.07. The van der Waals surface area contributed by atoms with E-state index in [2.05, 4.69) is 0 Å². The van der Waals surface area contributed by atoms with Gasteiger partial charge in [-0.05, 0) is 12.8 Å². The van der Waals surface area contributed by atoms with Gasteiger partial charge in [-0.15, -0.1) is 0 Å². The van der Waals surface area contributed by atoms with Crippen LogP contribution < -0.4 is 0 Å². The smallest absolute Gasteiger partial charge is 0.306 e. The summed E-state index contributed by atoms with van der Waals surface area (Å²) in [4.78, 5) is 21.3. The molecule has 0 spiro atoms. The molecule has 0 unspecified atom stereocenters. The van der Waals surface area contributed by atoms with Gasteiger partial charge < -0.3 is 4.74 Å². The van der Waals surface area contributed by atoms with Crippen molar-refractivity contribution in [3.8, 4) is 0 Å². The highest BCUT2D eigenvalue weighted by Gasteiger charge is 2.12. The van der Waals surface area contributed by atoms with E-state index in [0.29, 0.717) is 19.1 Å². The number of aldehydes is 1. The summed E-state index contributed by atoms with van der Waals surface area (Å²) < 4.78 is 4.86. The lowest BCUT2D eigenvalue weighted by Crippen LogP contribution is -2.18. The Bertz CT molecular complexity index is 196. The van der Waals surface area contributed by atoms with Crippen LogP contribution in [0, 0.1) is 0 Å². The van der Waals surface area contributed by atoms with Crippen LogP contribution in [0.2, 0.25) is 0 Å². The van der Waals surface area contributed by atoms with E-state index in [0.717, 1.165) is 12.8 Å². The molecule has 0 aromatic rings. The zero-order valence-corrected chi connectivity index (χ0v) is 6.86. The standard InChI is InChI=1S/C9H12O3/c10-7-8-5-3-1-2-4-6-9(11)12-8/h1,3,7-8H,2,4-6H2/b3-1-/t8-/m0/s1. The topological polar surface area (TPSA) is 43.4 Å².